The molecule has 0 heterocycles. The highest BCUT2D eigenvalue weighted by Crippen LogP contribution is 2.33. The Hall–Kier alpha value is -2.58. The van der Waals surface area contributed by atoms with Crippen LogP contribution in [0.15, 0.2) is 91.0 Å². The van der Waals surface area contributed by atoms with Crippen LogP contribution in [0, 0.1) is 0 Å². The van der Waals surface area contributed by atoms with Crippen molar-refractivity contribution in [3.63, 3.8) is 0 Å². The van der Waals surface area contributed by atoms with Crippen LogP contribution in [0.4, 0.5) is 0 Å². The Balaban J connectivity index is 0.000000311. The molecule has 0 fully saturated rings. The van der Waals surface area contributed by atoms with E-state index in [1.54, 1.807) is 42.7 Å². The average Bonchev–Trinajstić information content (AvgIpc) is 2.96. The van der Waals surface area contributed by atoms with Crippen molar-refractivity contribution < 1.29 is 28.4 Å². The van der Waals surface area contributed by atoms with Crippen LogP contribution in [-0.4, -0.2) is 62.0 Å². The largest absolute Gasteiger partial charge is 0.382 e. The Kier molecular flexibility index (Phi) is 18.0. The standard InChI is InChI=1S/C16H18O2.C10H14O2.C5H12O2/c1-17-15(13-9-5-3-6-10-13)16(18-2)14-11-7-4-8-12-14;1-11-8-10(12-2)9-6-4-3-5-7-9;1-5(7-3)4-6-2/h3-12,15-16H,1-2H3;3-7,10H,8H2,1-2H3;5H,4H2,1-3H3. The smallest absolute Gasteiger partial charge is 0.112 e. The van der Waals surface area contributed by atoms with E-state index in [1.165, 1.54) is 0 Å². The minimum Gasteiger partial charge on any atom is -0.382 e. The van der Waals surface area contributed by atoms with Gasteiger partial charge >= 0.3 is 0 Å². The molecule has 0 amide bonds. The van der Waals surface area contributed by atoms with Gasteiger partial charge in [0.05, 0.1) is 19.3 Å². The number of hydrogen-bond acceptors (Lipinski definition) is 6. The molecule has 0 saturated carbocycles. The molecule has 0 radical (unpaired) electrons. The molecule has 6 nitrogen and oxygen atoms in total. The first-order valence-corrected chi connectivity index (χ1v) is 12.3. The Morgan fingerprint density at radius 3 is 1.11 bits per heavy atom. The van der Waals surface area contributed by atoms with Gasteiger partial charge in [-0.1, -0.05) is 91.0 Å². The van der Waals surface area contributed by atoms with Crippen molar-refractivity contribution in [3.8, 4) is 0 Å². The number of ether oxygens (including phenoxy) is 6. The van der Waals surface area contributed by atoms with Crippen LogP contribution in [-0.2, 0) is 28.4 Å². The van der Waals surface area contributed by atoms with E-state index in [-0.39, 0.29) is 24.4 Å². The Labute approximate surface area is 223 Å². The fourth-order valence-corrected chi connectivity index (χ4v) is 3.58. The highest BCUT2D eigenvalue weighted by atomic mass is 16.5. The number of benzene rings is 3. The van der Waals surface area contributed by atoms with Gasteiger partial charge in [-0.2, -0.15) is 0 Å². The Morgan fingerprint density at radius 2 is 0.838 bits per heavy atom. The summed E-state index contributed by atoms with van der Waals surface area (Å²) in [7, 11) is 10.1. The molecule has 4 unspecified atom stereocenters. The molecule has 0 saturated heterocycles. The highest BCUT2D eigenvalue weighted by Gasteiger charge is 2.24. The van der Waals surface area contributed by atoms with Gasteiger partial charge in [0, 0.05) is 42.7 Å². The number of methoxy groups -OCH3 is 6. The van der Waals surface area contributed by atoms with Crippen molar-refractivity contribution in [2.24, 2.45) is 0 Å². The first-order valence-electron chi connectivity index (χ1n) is 12.3. The summed E-state index contributed by atoms with van der Waals surface area (Å²) in [5, 5.41) is 0. The lowest BCUT2D eigenvalue weighted by Crippen LogP contribution is -2.15. The highest BCUT2D eigenvalue weighted by molar-refractivity contribution is 5.25. The van der Waals surface area contributed by atoms with Crippen LogP contribution in [0.2, 0.25) is 0 Å². The van der Waals surface area contributed by atoms with E-state index in [2.05, 4.69) is 24.3 Å². The predicted octanol–water partition coefficient (Wildman–Crippen LogP) is 6.45. The lowest BCUT2D eigenvalue weighted by molar-refractivity contribution is -0.0397. The van der Waals surface area contributed by atoms with Crippen LogP contribution in [0.25, 0.3) is 0 Å². The van der Waals surface area contributed by atoms with Gasteiger partial charge < -0.3 is 28.4 Å². The summed E-state index contributed by atoms with van der Waals surface area (Å²) in [6.07, 6.45) is 0.0819. The van der Waals surface area contributed by atoms with Gasteiger partial charge in [-0.25, -0.2) is 0 Å². The monoisotopic (exact) mass is 512 g/mol. The number of hydrogen-bond donors (Lipinski definition) is 0. The van der Waals surface area contributed by atoms with E-state index in [0.717, 1.165) is 16.7 Å². The normalized spacial score (nSPS) is 13.7. The molecule has 3 aromatic carbocycles. The third kappa shape index (κ3) is 12.5. The van der Waals surface area contributed by atoms with Gasteiger partial charge in [-0.15, -0.1) is 0 Å². The van der Waals surface area contributed by atoms with E-state index in [9.17, 15) is 0 Å². The first-order chi connectivity index (χ1) is 18.1. The maximum absolute atomic E-state index is 5.62. The van der Waals surface area contributed by atoms with E-state index < -0.39 is 0 Å². The molecule has 0 aliphatic carbocycles. The fraction of sp³-hybridized carbons (Fsp3) is 0.419. The molecule has 37 heavy (non-hydrogen) atoms. The summed E-state index contributed by atoms with van der Waals surface area (Å²) < 4.78 is 31.1. The van der Waals surface area contributed by atoms with Gasteiger partial charge in [-0.3, -0.25) is 0 Å². The van der Waals surface area contributed by atoms with Crippen molar-refractivity contribution >= 4 is 0 Å². The zero-order valence-electron chi connectivity index (χ0n) is 23.3. The second-order valence-corrected chi connectivity index (χ2v) is 8.23. The van der Waals surface area contributed by atoms with Crippen molar-refractivity contribution in [2.45, 2.75) is 31.3 Å². The second-order valence-electron chi connectivity index (χ2n) is 8.23. The molecular weight excluding hydrogens is 468 g/mol. The second kappa shape index (κ2) is 20.5. The minimum atomic E-state index is -0.0985. The SMILES string of the molecule is COC(c1ccccc1)C(OC)c1ccccc1.COCC(C)OC.COCC(OC)c1ccccc1. The molecular formula is C31H44O6. The maximum atomic E-state index is 5.62. The summed E-state index contributed by atoms with van der Waals surface area (Å²) in [6.45, 7) is 3.24. The summed E-state index contributed by atoms with van der Waals surface area (Å²) in [5.41, 5.74) is 3.40. The van der Waals surface area contributed by atoms with E-state index in [0.29, 0.717) is 13.2 Å². The minimum absolute atomic E-state index is 0.0520. The summed E-state index contributed by atoms with van der Waals surface area (Å²) >= 11 is 0. The zero-order valence-corrected chi connectivity index (χ0v) is 23.3. The van der Waals surface area contributed by atoms with Crippen molar-refractivity contribution in [3.05, 3.63) is 108 Å². The molecule has 0 spiro atoms. The Morgan fingerprint density at radius 1 is 0.459 bits per heavy atom. The van der Waals surface area contributed by atoms with Crippen LogP contribution < -0.4 is 0 Å². The molecule has 204 valence electrons. The van der Waals surface area contributed by atoms with Gasteiger partial charge in [0.2, 0.25) is 0 Å². The van der Waals surface area contributed by atoms with Gasteiger partial charge in [-0.05, 0) is 23.6 Å². The number of rotatable bonds is 12. The Bertz CT molecular complexity index is 846. The molecule has 0 N–H and O–H groups in total. The van der Waals surface area contributed by atoms with Gasteiger partial charge in [0.25, 0.3) is 0 Å². The summed E-state index contributed by atoms with van der Waals surface area (Å²) in [6, 6.07) is 30.3. The molecule has 3 rings (SSSR count). The molecule has 0 aliphatic heterocycles. The molecule has 0 aliphatic rings. The lowest BCUT2D eigenvalue weighted by atomic mass is 9.98. The van der Waals surface area contributed by atoms with Gasteiger partial charge in [0.15, 0.2) is 0 Å². The van der Waals surface area contributed by atoms with Gasteiger partial charge in [0.1, 0.15) is 18.3 Å². The molecule has 0 aromatic heterocycles. The quantitative estimate of drug-likeness (QED) is 0.278. The third-order valence-corrected chi connectivity index (χ3v) is 5.62. The van der Waals surface area contributed by atoms with Crippen molar-refractivity contribution in [2.75, 3.05) is 55.9 Å². The van der Waals surface area contributed by atoms with Crippen LogP contribution >= 0.6 is 0 Å². The zero-order chi connectivity index (χ0) is 27.3. The molecule has 6 heteroatoms. The molecule has 3 aromatic rings. The summed E-state index contributed by atoms with van der Waals surface area (Å²) in [5.74, 6) is 0. The van der Waals surface area contributed by atoms with Crippen LogP contribution in [0.1, 0.15) is 41.9 Å². The average molecular weight is 513 g/mol. The van der Waals surface area contributed by atoms with Crippen LogP contribution in [0.3, 0.4) is 0 Å². The van der Waals surface area contributed by atoms with Crippen molar-refractivity contribution in [1.82, 2.24) is 0 Å². The van der Waals surface area contributed by atoms with Crippen LogP contribution in [0.5, 0.6) is 0 Å². The third-order valence-electron chi connectivity index (χ3n) is 5.62. The van der Waals surface area contributed by atoms with E-state index in [1.807, 2.05) is 73.7 Å². The molecule has 0 bridgehead atoms. The lowest BCUT2D eigenvalue weighted by Gasteiger charge is -2.25. The van der Waals surface area contributed by atoms with E-state index >= 15 is 0 Å². The van der Waals surface area contributed by atoms with E-state index in [4.69, 9.17) is 28.4 Å². The maximum Gasteiger partial charge on any atom is 0.112 e. The predicted molar refractivity (Wildman–Crippen MR) is 149 cm³/mol. The van der Waals surface area contributed by atoms with Crippen molar-refractivity contribution in [1.29, 1.82) is 0 Å². The first kappa shape index (κ1) is 32.4. The topological polar surface area (TPSA) is 55.4 Å². The fourth-order valence-electron chi connectivity index (χ4n) is 3.58. The molecule has 4 atom stereocenters. The summed E-state index contributed by atoms with van der Waals surface area (Å²) in [4.78, 5) is 0.